The second kappa shape index (κ2) is 8.64. The number of hydrogen-bond acceptors (Lipinski definition) is 6. The number of carbonyl (C=O) groups is 1. The Bertz CT molecular complexity index is 733. The van der Waals surface area contributed by atoms with Crippen LogP contribution in [-0.2, 0) is 4.74 Å². The zero-order valence-electron chi connectivity index (χ0n) is 14.7. The van der Waals surface area contributed by atoms with E-state index in [1.54, 1.807) is 18.3 Å². The number of phenols is 1. The molecule has 0 radical (unpaired) electrons. The molecule has 2 heterocycles. The van der Waals surface area contributed by atoms with Gasteiger partial charge in [-0.05, 0) is 30.3 Å². The van der Waals surface area contributed by atoms with E-state index in [-0.39, 0.29) is 17.7 Å². The summed E-state index contributed by atoms with van der Waals surface area (Å²) in [5.41, 5.74) is 1.29. The van der Waals surface area contributed by atoms with Gasteiger partial charge in [-0.3, -0.25) is 14.7 Å². The number of hydrogen-bond donors (Lipinski definition) is 2. The first-order valence-corrected chi connectivity index (χ1v) is 8.57. The third-order valence-corrected chi connectivity index (χ3v) is 4.41. The summed E-state index contributed by atoms with van der Waals surface area (Å²) in [7, 11) is 1.47. The fourth-order valence-electron chi connectivity index (χ4n) is 3.01. The molecule has 7 heteroatoms. The highest BCUT2D eigenvalue weighted by atomic mass is 16.5. The lowest BCUT2D eigenvalue weighted by Crippen LogP contribution is -2.44. The van der Waals surface area contributed by atoms with Gasteiger partial charge in [0.1, 0.15) is 0 Å². The monoisotopic (exact) mass is 357 g/mol. The molecule has 0 saturated carbocycles. The van der Waals surface area contributed by atoms with Crippen molar-refractivity contribution in [3.8, 4) is 11.5 Å². The topological polar surface area (TPSA) is 83.9 Å². The number of aromatic nitrogens is 1. The van der Waals surface area contributed by atoms with E-state index in [4.69, 9.17) is 9.47 Å². The summed E-state index contributed by atoms with van der Waals surface area (Å²) in [6.45, 7) is 3.34. The van der Waals surface area contributed by atoms with Crippen LogP contribution in [0, 0.1) is 0 Å². The van der Waals surface area contributed by atoms with Gasteiger partial charge < -0.3 is 19.9 Å². The molecule has 0 bridgehead atoms. The van der Waals surface area contributed by atoms with Crippen LogP contribution in [0.2, 0.25) is 0 Å². The van der Waals surface area contributed by atoms with Crippen LogP contribution in [0.1, 0.15) is 22.1 Å². The second-order valence-electron chi connectivity index (χ2n) is 6.02. The van der Waals surface area contributed by atoms with Crippen molar-refractivity contribution < 1.29 is 19.4 Å². The van der Waals surface area contributed by atoms with Gasteiger partial charge in [-0.1, -0.05) is 6.07 Å². The summed E-state index contributed by atoms with van der Waals surface area (Å²) in [6, 6.07) is 10.3. The minimum Gasteiger partial charge on any atom is -0.504 e. The molecule has 1 aromatic heterocycles. The Labute approximate surface area is 152 Å². The average molecular weight is 357 g/mol. The van der Waals surface area contributed by atoms with Crippen molar-refractivity contribution in [1.82, 2.24) is 15.2 Å². The Kier molecular flexibility index (Phi) is 6.04. The predicted molar refractivity (Wildman–Crippen MR) is 96.4 cm³/mol. The number of nitrogens with zero attached hydrogens (tertiary/aromatic N) is 2. The van der Waals surface area contributed by atoms with Gasteiger partial charge in [-0.25, -0.2) is 0 Å². The van der Waals surface area contributed by atoms with Crippen LogP contribution in [0.15, 0.2) is 42.6 Å². The van der Waals surface area contributed by atoms with E-state index in [0.29, 0.717) is 31.1 Å². The molecule has 1 amide bonds. The van der Waals surface area contributed by atoms with Crippen molar-refractivity contribution >= 4 is 5.91 Å². The Hall–Kier alpha value is -2.64. The van der Waals surface area contributed by atoms with E-state index in [2.05, 4.69) is 15.2 Å². The molecule has 0 spiro atoms. The van der Waals surface area contributed by atoms with E-state index in [1.807, 2.05) is 18.2 Å². The van der Waals surface area contributed by atoms with Gasteiger partial charge in [0.2, 0.25) is 0 Å². The lowest BCUT2D eigenvalue weighted by atomic mass is 10.1. The normalized spacial score (nSPS) is 16.0. The highest BCUT2D eigenvalue weighted by Crippen LogP contribution is 2.26. The molecule has 1 aliphatic rings. The number of nitrogens with one attached hydrogen (secondary N) is 1. The van der Waals surface area contributed by atoms with Crippen molar-refractivity contribution in [3.05, 3.63) is 53.9 Å². The largest absolute Gasteiger partial charge is 0.504 e. The zero-order chi connectivity index (χ0) is 18.4. The number of amides is 1. The molecule has 1 fully saturated rings. The number of benzene rings is 1. The number of morpholine rings is 1. The SMILES string of the molecule is COc1ccc(C(=O)NCC(c2ccccn2)N2CCOCC2)cc1O. The van der Waals surface area contributed by atoms with Crippen LogP contribution < -0.4 is 10.1 Å². The Morgan fingerprint density at radius 2 is 2.15 bits per heavy atom. The summed E-state index contributed by atoms with van der Waals surface area (Å²) in [5.74, 6) is 0.0213. The van der Waals surface area contributed by atoms with Gasteiger partial charge in [0.25, 0.3) is 5.91 Å². The van der Waals surface area contributed by atoms with E-state index >= 15 is 0 Å². The summed E-state index contributed by atoms with van der Waals surface area (Å²) in [5, 5.41) is 12.8. The standard InChI is InChI=1S/C19H23N3O4/c1-25-18-6-5-14(12-17(18)23)19(24)21-13-16(15-4-2-3-7-20-15)22-8-10-26-11-9-22/h2-7,12,16,23H,8-11,13H2,1H3,(H,21,24). The smallest absolute Gasteiger partial charge is 0.251 e. The van der Waals surface area contributed by atoms with Crippen LogP contribution >= 0.6 is 0 Å². The highest BCUT2D eigenvalue weighted by molar-refractivity contribution is 5.94. The molecule has 3 rings (SSSR count). The summed E-state index contributed by atoms with van der Waals surface area (Å²) in [6.07, 6.45) is 1.76. The number of phenolic OH excluding ortho intramolecular Hbond substituents is 1. The van der Waals surface area contributed by atoms with E-state index in [9.17, 15) is 9.90 Å². The Morgan fingerprint density at radius 1 is 1.35 bits per heavy atom. The molecule has 1 unspecified atom stereocenters. The molecule has 1 atom stereocenters. The lowest BCUT2D eigenvalue weighted by molar-refractivity contribution is 0.0154. The maximum absolute atomic E-state index is 12.5. The lowest BCUT2D eigenvalue weighted by Gasteiger charge is -2.34. The number of methoxy groups -OCH3 is 1. The first-order valence-electron chi connectivity index (χ1n) is 8.57. The third-order valence-electron chi connectivity index (χ3n) is 4.41. The number of aromatic hydroxyl groups is 1. The van der Waals surface area contributed by atoms with Crippen molar-refractivity contribution in [2.75, 3.05) is 40.0 Å². The molecule has 0 aliphatic carbocycles. The predicted octanol–water partition coefficient (Wildman–Crippen LogP) is 1.60. The van der Waals surface area contributed by atoms with Gasteiger partial charge in [0, 0.05) is 31.4 Å². The quantitative estimate of drug-likeness (QED) is 0.817. The number of ether oxygens (including phenoxy) is 2. The first-order chi connectivity index (χ1) is 12.7. The summed E-state index contributed by atoms with van der Waals surface area (Å²) < 4.78 is 10.4. The van der Waals surface area contributed by atoms with Gasteiger partial charge in [-0.2, -0.15) is 0 Å². The Balaban J connectivity index is 1.70. The minimum absolute atomic E-state index is 0.0316. The van der Waals surface area contributed by atoms with Gasteiger partial charge in [0.05, 0.1) is 32.1 Å². The van der Waals surface area contributed by atoms with Crippen LogP contribution in [-0.4, -0.2) is 60.9 Å². The molecule has 2 aromatic rings. The summed E-state index contributed by atoms with van der Waals surface area (Å²) in [4.78, 5) is 19.2. The summed E-state index contributed by atoms with van der Waals surface area (Å²) >= 11 is 0. The van der Waals surface area contributed by atoms with E-state index < -0.39 is 0 Å². The van der Waals surface area contributed by atoms with Gasteiger partial charge in [-0.15, -0.1) is 0 Å². The number of rotatable bonds is 6. The Morgan fingerprint density at radius 3 is 2.81 bits per heavy atom. The van der Waals surface area contributed by atoms with Crippen molar-refractivity contribution in [2.45, 2.75) is 6.04 Å². The van der Waals surface area contributed by atoms with E-state index in [0.717, 1.165) is 18.8 Å². The fraction of sp³-hybridized carbons (Fsp3) is 0.368. The van der Waals surface area contributed by atoms with Gasteiger partial charge >= 0.3 is 0 Å². The van der Waals surface area contributed by atoms with Crippen LogP contribution in [0.4, 0.5) is 0 Å². The molecule has 1 aromatic carbocycles. The molecule has 26 heavy (non-hydrogen) atoms. The van der Waals surface area contributed by atoms with Crippen molar-refractivity contribution in [2.24, 2.45) is 0 Å². The van der Waals surface area contributed by atoms with Crippen molar-refractivity contribution in [3.63, 3.8) is 0 Å². The number of pyridine rings is 1. The third kappa shape index (κ3) is 4.30. The molecule has 138 valence electrons. The highest BCUT2D eigenvalue weighted by Gasteiger charge is 2.24. The molecular formula is C19H23N3O4. The maximum atomic E-state index is 12.5. The van der Waals surface area contributed by atoms with E-state index in [1.165, 1.54) is 13.2 Å². The first kappa shape index (κ1) is 18.2. The average Bonchev–Trinajstić information content (AvgIpc) is 2.69. The number of carbonyl (C=O) groups excluding carboxylic acids is 1. The van der Waals surface area contributed by atoms with Crippen LogP contribution in [0.3, 0.4) is 0 Å². The second-order valence-corrected chi connectivity index (χ2v) is 6.02. The molecule has 1 aliphatic heterocycles. The maximum Gasteiger partial charge on any atom is 0.251 e. The fourth-order valence-corrected chi connectivity index (χ4v) is 3.01. The van der Waals surface area contributed by atoms with Crippen molar-refractivity contribution in [1.29, 1.82) is 0 Å². The minimum atomic E-state index is -0.253. The molecule has 7 nitrogen and oxygen atoms in total. The molecule has 1 saturated heterocycles. The zero-order valence-corrected chi connectivity index (χ0v) is 14.7. The van der Waals surface area contributed by atoms with Crippen LogP contribution in [0.5, 0.6) is 11.5 Å². The molecule has 2 N–H and O–H groups in total. The molecular weight excluding hydrogens is 334 g/mol. The van der Waals surface area contributed by atoms with Gasteiger partial charge in [0.15, 0.2) is 11.5 Å². The van der Waals surface area contributed by atoms with Crippen LogP contribution in [0.25, 0.3) is 0 Å².